The van der Waals surface area contributed by atoms with E-state index in [9.17, 15) is 9.59 Å². The lowest BCUT2D eigenvalue weighted by molar-refractivity contribution is -0.138. The molecule has 25 heavy (non-hydrogen) atoms. The molecule has 0 fully saturated rings. The number of benzene rings is 1. The van der Waals surface area contributed by atoms with E-state index in [0.717, 1.165) is 22.6 Å². The molecule has 2 rings (SSSR count). The first-order chi connectivity index (χ1) is 12.1. The van der Waals surface area contributed by atoms with Gasteiger partial charge in [0.05, 0.1) is 6.61 Å². The molecule has 0 spiro atoms. The lowest BCUT2D eigenvalue weighted by atomic mass is 10.1. The van der Waals surface area contributed by atoms with Gasteiger partial charge >= 0.3 is 0 Å². The monoisotopic (exact) mass is 340 g/mol. The zero-order valence-electron chi connectivity index (χ0n) is 14.7. The average Bonchev–Trinajstić information content (AvgIpc) is 2.62. The average molecular weight is 340 g/mol. The highest BCUT2D eigenvalue weighted by Gasteiger charge is 2.13. The van der Waals surface area contributed by atoms with Gasteiger partial charge in [0.15, 0.2) is 0 Å². The Bertz CT molecular complexity index is 714. The summed E-state index contributed by atoms with van der Waals surface area (Å²) in [6, 6.07) is 11.4. The molecule has 0 saturated heterocycles. The van der Waals surface area contributed by atoms with Crippen LogP contribution in [0.2, 0.25) is 0 Å². The predicted molar refractivity (Wildman–Crippen MR) is 96.4 cm³/mol. The van der Waals surface area contributed by atoms with Crippen LogP contribution in [0.25, 0.3) is 0 Å². The number of aromatic nitrogens is 1. The first-order valence-electron chi connectivity index (χ1n) is 8.53. The zero-order valence-corrected chi connectivity index (χ0v) is 14.7. The third-order valence-electron chi connectivity index (χ3n) is 3.88. The molecule has 1 aromatic heterocycles. The van der Waals surface area contributed by atoms with E-state index in [1.807, 2.05) is 50.2 Å². The maximum absolute atomic E-state index is 11.9. The van der Waals surface area contributed by atoms with Crippen LogP contribution in [0.5, 0.6) is 5.75 Å². The van der Waals surface area contributed by atoms with E-state index in [4.69, 9.17) is 4.74 Å². The first-order valence-corrected chi connectivity index (χ1v) is 8.53. The Balaban J connectivity index is 1.76. The summed E-state index contributed by atoms with van der Waals surface area (Å²) >= 11 is 0. The number of carbonyl (C=O) groups is 2. The molecule has 0 bridgehead atoms. The molecule has 0 aliphatic rings. The lowest BCUT2D eigenvalue weighted by Crippen LogP contribution is -2.30. The second-order valence-corrected chi connectivity index (χ2v) is 5.80. The quantitative estimate of drug-likeness (QED) is 0.713. The number of pyridine rings is 1. The number of hydrogen-bond acceptors (Lipinski definition) is 4. The van der Waals surface area contributed by atoms with Gasteiger partial charge in [-0.15, -0.1) is 0 Å². The minimum atomic E-state index is -0.533. The number of amides is 1. The summed E-state index contributed by atoms with van der Waals surface area (Å²) in [5.74, 6) is -0.116. The molecular formula is C20H24N2O3. The Morgan fingerprint density at radius 2 is 2.04 bits per heavy atom. The van der Waals surface area contributed by atoms with Gasteiger partial charge in [-0.1, -0.05) is 12.1 Å². The lowest BCUT2D eigenvalue weighted by Gasteiger charge is -2.10. The number of ether oxygens (including phenoxy) is 1. The number of hydrogen-bond donors (Lipinski definition) is 1. The van der Waals surface area contributed by atoms with E-state index >= 15 is 0 Å². The molecule has 1 N–H and O–H groups in total. The van der Waals surface area contributed by atoms with Crippen molar-refractivity contribution in [2.75, 3.05) is 6.61 Å². The topological polar surface area (TPSA) is 68.3 Å². The summed E-state index contributed by atoms with van der Waals surface area (Å²) in [4.78, 5) is 28.1. The normalized spacial score (nSPS) is 10.3. The Hall–Kier alpha value is -2.69. The Labute approximate surface area is 148 Å². The van der Waals surface area contributed by atoms with Crippen molar-refractivity contribution < 1.29 is 14.3 Å². The molecule has 5 nitrogen and oxygen atoms in total. The van der Waals surface area contributed by atoms with Crippen LogP contribution in [-0.2, 0) is 22.6 Å². The van der Waals surface area contributed by atoms with Gasteiger partial charge in [-0.2, -0.15) is 0 Å². The minimum absolute atomic E-state index is 0.227. The first kappa shape index (κ1) is 18.6. The summed E-state index contributed by atoms with van der Waals surface area (Å²) < 4.78 is 5.44. The van der Waals surface area contributed by atoms with Crippen LogP contribution in [0.3, 0.4) is 0 Å². The Kier molecular flexibility index (Phi) is 7.14. The van der Waals surface area contributed by atoms with Crippen molar-refractivity contribution in [1.29, 1.82) is 0 Å². The summed E-state index contributed by atoms with van der Waals surface area (Å²) in [5.41, 5.74) is 2.92. The second-order valence-electron chi connectivity index (χ2n) is 5.80. The number of rotatable bonds is 9. The molecule has 5 heteroatoms. The van der Waals surface area contributed by atoms with Gasteiger partial charge < -0.3 is 10.1 Å². The van der Waals surface area contributed by atoms with E-state index in [2.05, 4.69) is 10.3 Å². The maximum Gasteiger partial charge on any atom is 0.287 e. The van der Waals surface area contributed by atoms with Crippen molar-refractivity contribution >= 4 is 11.7 Å². The number of nitrogens with zero attached hydrogens (tertiary/aromatic N) is 1. The molecule has 2 aromatic rings. The molecule has 0 aliphatic carbocycles. The molecule has 0 radical (unpaired) electrons. The third kappa shape index (κ3) is 6.03. The maximum atomic E-state index is 11.9. The number of carbonyl (C=O) groups excluding carboxylic acids is 2. The fraction of sp³-hybridized carbons (Fsp3) is 0.350. The van der Waals surface area contributed by atoms with Crippen LogP contribution in [0.1, 0.15) is 36.6 Å². The highest BCUT2D eigenvalue weighted by molar-refractivity contribution is 6.36. The van der Waals surface area contributed by atoms with Gasteiger partial charge in [0.1, 0.15) is 5.75 Å². The predicted octanol–water partition coefficient (Wildman–Crippen LogP) is 3.00. The highest BCUT2D eigenvalue weighted by Crippen LogP contribution is 2.17. The number of Topliss-reactive ketones (excluding diaryl/α,β-unsaturated/α-hetero) is 1. The molecule has 132 valence electrons. The second kappa shape index (κ2) is 9.57. The fourth-order valence-corrected chi connectivity index (χ4v) is 2.49. The Morgan fingerprint density at radius 3 is 2.72 bits per heavy atom. The van der Waals surface area contributed by atoms with E-state index in [1.54, 1.807) is 6.20 Å². The summed E-state index contributed by atoms with van der Waals surface area (Å²) in [6.45, 7) is 4.84. The van der Waals surface area contributed by atoms with E-state index < -0.39 is 5.91 Å². The van der Waals surface area contributed by atoms with Crippen molar-refractivity contribution in [3.63, 3.8) is 0 Å². The van der Waals surface area contributed by atoms with Crippen molar-refractivity contribution in [2.45, 2.75) is 39.7 Å². The van der Waals surface area contributed by atoms with Gasteiger partial charge in [-0.25, -0.2) is 0 Å². The highest BCUT2D eigenvalue weighted by atomic mass is 16.5. The number of ketones is 1. The summed E-state index contributed by atoms with van der Waals surface area (Å²) in [5, 5.41) is 2.69. The molecule has 1 aromatic carbocycles. The number of nitrogens with one attached hydrogen (secondary N) is 1. The summed E-state index contributed by atoms with van der Waals surface area (Å²) in [6.07, 6.45) is 3.26. The minimum Gasteiger partial charge on any atom is -0.494 e. The van der Waals surface area contributed by atoms with Crippen molar-refractivity contribution in [3.05, 3.63) is 59.4 Å². The molecule has 0 unspecified atom stereocenters. The largest absolute Gasteiger partial charge is 0.494 e. The van der Waals surface area contributed by atoms with Crippen LogP contribution < -0.4 is 10.1 Å². The fourth-order valence-electron chi connectivity index (χ4n) is 2.49. The molecule has 0 saturated carbocycles. The summed E-state index contributed by atoms with van der Waals surface area (Å²) in [7, 11) is 0. The Morgan fingerprint density at radius 1 is 1.20 bits per heavy atom. The van der Waals surface area contributed by atoms with Crippen LogP contribution >= 0.6 is 0 Å². The van der Waals surface area contributed by atoms with Crippen molar-refractivity contribution in [1.82, 2.24) is 10.3 Å². The van der Waals surface area contributed by atoms with Crippen LogP contribution in [0.15, 0.2) is 42.6 Å². The van der Waals surface area contributed by atoms with Crippen LogP contribution in [-0.4, -0.2) is 23.3 Å². The van der Waals surface area contributed by atoms with Crippen LogP contribution in [0, 0.1) is 6.92 Å². The smallest absolute Gasteiger partial charge is 0.287 e. The van der Waals surface area contributed by atoms with Gasteiger partial charge in [0, 0.05) is 24.9 Å². The third-order valence-corrected chi connectivity index (χ3v) is 3.88. The van der Waals surface area contributed by atoms with Gasteiger partial charge in [0.2, 0.25) is 5.78 Å². The van der Waals surface area contributed by atoms with Gasteiger partial charge in [0.25, 0.3) is 5.91 Å². The molecule has 0 aliphatic heterocycles. The van der Waals surface area contributed by atoms with E-state index in [0.29, 0.717) is 26.0 Å². The molecule has 1 heterocycles. The zero-order chi connectivity index (χ0) is 18.1. The standard InChI is InChI=1S/C20H24N2O3/c1-3-25-18-11-10-16(15(2)13-18)14-22-20(24)19(23)9-6-8-17-7-4-5-12-21-17/h4-5,7,10-13H,3,6,8-9,14H2,1-2H3,(H,22,24). The number of aryl methyl sites for hydroxylation is 2. The molecule has 1 amide bonds. The van der Waals surface area contributed by atoms with Gasteiger partial charge in [-0.3, -0.25) is 14.6 Å². The van der Waals surface area contributed by atoms with Crippen LogP contribution in [0.4, 0.5) is 0 Å². The molecule has 0 atom stereocenters. The van der Waals surface area contributed by atoms with E-state index in [-0.39, 0.29) is 12.2 Å². The van der Waals surface area contributed by atoms with Crippen molar-refractivity contribution in [3.8, 4) is 5.75 Å². The van der Waals surface area contributed by atoms with Crippen molar-refractivity contribution in [2.24, 2.45) is 0 Å². The molecular weight excluding hydrogens is 316 g/mol. The SMILES string of the molecule is CCOc1ccc(CNC(=O)C(=O)CCCc2ccccn2)c(C)c1. The van der Waals surface area contributed by atoms with Gasteiger partial charge in [-0.05, 0) is 62.1 Å². The van der Waals surface area contributed by atoms with E-state index in [1.165, 1.54) is 0 Å².